The summed E-state index contributed by atoms with van der Waals surface area (Å²) in [5.74, 6) is 0.426. The molecule has 5 nitrogen and oxygen atoms in total. The lowest BCUT2D eigenvalue weighted by Crippen LogP contribution is -2.32. The molecular formula is C14H16N2O3. The fraction of sp³-hybridized carbons (Fsp3) is 0.286. The number of hydrogen-bond acceptors (Lipinski definition) is 4. The van der Waals surface area contributed by atoms with E-state index < -0.39 is 0 Å². The van der Waals surface area contributed by atoms with Crippen LogP contribution in [0.3, 0.4) is 0 Å². The maximum atomic E-state index is 11.8. The van der Waals surface area contributed by atoms with E-state index in [0.29, 0.717) is 5.76 Å². The van der Waals surface area contributed by atoms with Gasteiger partial charge in [-0.05, 0) is 37.6 Å². The first-order valence-electron chi connectivity index (χ1n) is 6.17. The highest BCUT2D eigenvalue weighted by Gasteiger charge is 2.14. The minimum Gasteiger partial charge on any atom is -0.508 e. The molecule has 1 aromatic heterocycles. The predicted octanol–water partition coefficient (Wildman–Crippen LogP) is 2.58. The van der Waals surface area contributed by atoms with Gasteiger partial charge in [-0.2, -0.15) is 0 Å². The third kappa shape index (κ3) is 3.13. The first-order chi connectivity index (χ1) is 9.10. The van der Waals surface area contributed by atoms with E-state index in [1.54, 1.807) is 30.3 Å². The molecule has 0 aliphatic carbocycles. The molecule has 2 N–H and O–H groups in total. The summed E-state index contributed by atoms with van der Waals surface area (Å²) < 4.78 is 5.13. The molecule has 5 heteroatoms. The summed E-state index contributed by atoms with van der Waals surface area (Å²) in [5, 5.41) is 15.8. The van der Waals surface area contributed by atoms with Gasteiger partial charge in [-0.3, -0.25) is 4.79 Å². The van der Waals surface area contributed by atoms with E-state index in [2.05, 4.69) is 10.5 Å². The summed E-state index contributed by atoms with van der Waals surface area (Å²) in [6.45, 7) is 3.93. The van der Waals surface area contributed by atoms with Crippen molar-refractivity contribution in [3.05, 3.63) is 36.0 Å². The van der Waals surface area contributed by atoms with Crippen LogP contribution in [0.5, 0.6) is 5.75 Å². The van der Waals surface area contributed by atoms with Crippen LogP contribution in [0.1, 0.15) is 30.8 Å². The molecular weight excluding hydrogens is 244 g/mol. The van der Waals surface area contributed by atoms with Crippen LogP contribution in [-0.2, 0) is 0 Å². The molecule has 1 atom stereocenters. The van der Waals surface area contributed by atoms with Gasteiger partial charge in [0.15, 0.2) is 11.5 Å². The lowest BCUT2D eigenvalue weighted by Gasteiger charge is -2.08. The van der Waals surface area contributed by atoms with E-state index in [1.807, 2.05) is 13.8 Å². The minimum atomic E-state index is -0.247. The van der Waals surface area contributed by atoms with Crippen LogP contribution in [0.2, 0.25) is 0 Å². The van der Waals surface area contributed by atoms with Gasteiger partial charge in [0.1, 0.15) is 5.75 Å². The van der Waals surface area contributed by atoms with Gasteiger partial charge in [0, 0.05) is 17.7 Å². The summed E-state index contributed by atoms with van der Waals surface area (Å²) in [4.78, 5) is 11.8. The Morgan fingerprint density at radius 1 is 1.42 bits per heavy atom. The second-order valence-corrected chi connectivity index (χ2v) is 4.41. The lowest BCUT2D eigenvalue weighted by molar-refractivity contribution is 0.0930. The number of benzene rings is 1. The number of phenolic OH excluding ortho intramolecular Hbond substituents is 1. The molecule has 1 amide bonds. The topological polar surface area (TPSA) is 75.4 Å². The number of hydrogen-bond donors (Lipinski definition) is 2. The second kappa shape index (κ2) is 5.56. The maximum absolute atomic E-state index is 11.8. The summed E-state index contributed by atoms with van der Waals surface area (Å²) in [7, 11) is 0. The number of aromatic nitrogens is 1. The highest BCUT2D eigenvalue weighted by Crippen LogP contribution is 2.22. The summed E-state index contributed by atoms with van der Waals surface area (Å²) in [6.07, 6.45) is 0.856. The number of nitrogens with zero attached hydrogens (tertiary/aromatic N) is 1. The summed E-state index contributed by atoms with van der Waals surface area (Å²) in [5.41, 5.74) is 1.01. The van der Waals surface area contributed by atoms with Crippen LogP contribution >= 0.6 is 0 Å². The number of rotatable bonds is 4. The van der Waals surface area contributed by atoms with Crippen LogP contribution in [0.25, 0.3) is 11.3 Å². The van der Waals surface area contributed by atoms with E-state index in [9.17, 15) is 9.90 Å². The summed E-state index contributed by atoms with van der Waals surface area (Å²) >= 11 is 0. The average molecular weight is 260 g/mol. The van der Waals surface area contributed by atoms with Crippen molar-refractivity contribution in [3.63, 3.8) is 0 Å². The van der Waals surface area contributed by atoms with Crippen LogP contribution in [0.15, 0.2) is 34.9 Å². The van der Waals surface area contributed by atoms with Gasteiger partial charge in [0.05, 0.1) is 0 Å². The quantitative estimate of drug-likeness (QED) is 0.885. The van der Waals surface area contributed by atoms with Crippen molar-refractivity contribution in [2.24, 2.45) is 0 Å². The zero-order valence-electron chi connectivity index (χ0n) is 10.9. The number of carbonyl (C=O) groups is 1. The minimum absolute atomic E-state index is 0.0984. The van der Waals surface area contributed by atoms with Gasteiger partial charge in [-0.1, -0.05) is 12.1 Å². The Morgan fingerprint density at radius 3 is 2.74 bits per heavy atom. The Bertz CT molecular complexity index is 560. The Kier molecular flexibility index (Phi) is 3.85. The molecule has 1 aromatic carbocycles. The van der Waals surface area contributed by atoms with Gasteiger partial charge >= 0.3 is 0 Å². The van der Waals surface area contributed by atoms with Crippen molar-refractivity contribution < 1.29 is 14.4 Å². The van der Waals surface area contributed by atoms with Gasteiger partial charge in [-0.15, -0.1) is 0 Å². The Morgan fingerprint density at radius 2 is 2.11 bits per heavy atom. The molecule has 0 radical (unpaired) electrons. The third-order valence-corrected chi connectivity index (χ3v) is 2.88. The van der Waals surface area contributed by atoms with E-state index >= 15 is 0 Å². The molecule has 2 aromatic rings. The Labute approximate surface area is 111 Å². The highest BCUT2D eigenvalue weighted by molar-refractivity contribution is 5.93. The fourth-order valence-corrected chi connectivity index (χ4v) is 1.54. The van der Waals surface area contributed by atoms with E-state index in [4.69, 9.17) is 4.52 Å². The molecule has 1 heterocycles. The number of nitrogens with one attached hydrogen (secondary N) is 1. The summed E-state index contributed by atoms with van der Waals surface area (Å²) in [6, 6.07) is 8.19. The van der Waals surface area contributed by atoms with Crippen molar-refractivity contribution in [1.82, 2.24) is 10.5 Å². The lowest BCUT2D eigenvalue weighted by atomic mass is 10.1. The molecule has 0 saturated carbocycles. The average Bonchev–Trinajstić information content (AvgIpc) is 2.89. The fourth-order valence-electron chi connectivity index (χ4n) is 1.54. The second-order valence-electron chi connectivity index (χ2n) is 4.41. The SMILES string of the molecule is CC[C@@H](C)NC(=O)c1cc(-c2ccc(O)cc2)on1. The van der Waals surface area contributed by atoms with Gasteiger partial charge in [-0.25, -0.2) is 0 Å². The first kappa shape index (κ1) is 13.1. The van der Waals surface area contributed by atoms with Crippen molar-refractivity contribution in [3.8, 4) is 17.1 Å². The number of aromatic hydroxyl groups is 1. The van der Waals surface area contributed by atoms with Crippen LogP contribution < -0.4 is 5.32 Å². The van der Waals surface area contributed by atoms with Crippen LogP contribution in [-0.4, -0.2) is 22.2 Å². The molecule has 0 aliphatic rings. The zero-order chi connectivity index (χ0) is 13.8. The van der Waals surface area contributed by atoms with E-state index in [1.165, 1.54) is 0 Å². The number of amides is 1. The monoisotopic (exact) mass is 260 g/mol. The highest BCUT2D eigenvalue weighted by atomic mass is 16.5. The van der Waals surface area contributed by atoms with Crippen LogP contribution in [0, 0.1) is 0 Å². The standard InChI is InChI=1S/C14H16N2O3/c1-3-9(2)15-14(18)12-8-13(19-16-12)10-4-6-11(17)7-5-10/h4-9,17H,3H2,1-2H3,(H,15,18)/t9-/m1/s1. The van der Waals surface area contributed by atoms with Crippen molar-refractivity contribution in [1.29, 1.82) is 0 Å². The Balaban J connectivity index is 2.15. The molecule has 0 bridgehead atoms. The van der Waals surface area contributed by atoms with Crippen molar-refractivity contribution >= 4 is 5.91 Å². The predicted molar refractivity (Wildman–Crippen MR) is 70.8 cm³/mol. The zero-order valence-corrected chi connectivity index (χ0v) is 10.9. The first-order valence-corrected chi connectivity index (χ1v) is 6.17. The van der Waals surface area contributed by atoms with Gasteiger partial charge in [0.25, 0.3) is 5.91 Å². The molecule has 19 heavy (non-hydrogen) atoms. The normalized spacial score (nSPS) is 12.1. The molecule has 100 valence electrons. The number of carbonyl (C=O) groups excluding carboxylic acids is 1. The number of phenols is 1. The van der Waals surface area contributed by atoms with Crippen LogP contribution in [0.4, 0.5) is 0 Å². The smallest absolute Gasteiger partial charge is 0.273 e. The van der Waals surface area contributed by atoms with E-state index in [0.717, 1.165) is 12.0 Å². The largest absolute Gasteiger partial charge is 0.508 e. The Hall–Kier alpha value is -2.30. The molecule has 0 aliphatic heterocycles. The third-order valence-electron chi connectivity index (χ3n) is 2.88. The van der Waals surface area contributed by atoms with Gasteiger partial charge in [0.2, 0.25) is 0 Å². The molecule has 0 fully saturated rings. The van der Waals surface area contributed by atoms with Crippen molar-refractivity contribution in [2.45, 2.75) is 26.3 Å². The molecule has 0 saturated heterocycles. The van der Waals surface area contributed by atoms with Gasteiger partial charge < -0.3 is 14.9 Å². The van der Waals surface area contributed by atoms with Crippen molar-refractivity contribution in [2.75, 3.05) is 0 Å². The maximum Gasteiger partial charge on any atom is 0.273 e. The molecule has 2 rings (SSSR count). The molecule has 0 spiro atoms. The molecule has 0 unspecified atom stereocenters. The van der Waals surface area contributed by atoms with E-state index in [-0.39, 0.29) is 23.4 Å².